The Bertz CT molecular complexity index is 490. The van der Waals surface area contributed by atoms with E-state index in [1.54, 1.807) is 0 Å². The Balaban J connectivity index is 1.52. The molecule has 0 unspecified atom stereocenters. The average Bonchev–Trinajstić information content (AvgIpc) is 2.47. The summed E-state index contributed by atoms with van der Waals surface area (Å²) in [4.78, 5) is 0. The lowest BCUT2D eigenvalue weighted by molar-refractivity contribution is 0.304. The van der Waals surface area contributed by atoms with Gasteiger partial charge in [0.05, 0.1) is 6.61 Å². The molecule has 0 saturated carbocycles. The molecule has 0 N–H and O–H groups in total. The van der Waals surface area contributed by atoms with Crippen molar-refractivity contribution in [2.45, 2.75) is 39.0 Å². The van der Waals surface area contributed by atoms with Gasteiger partial charge in [-0.3, -0.25) is 0 Å². The summed E-state index contributed by atoms with van der Waals surface area (Å²) < 4.78 is 5.75. The fraction of sp³-hybridized carbons (Fsp3) is 0.368. The van der Waals surface area contributed by atoms with E-state index in [-0.39, 0.29) is 0 Å². The van der Waals surface area contributed by atoms with Crippen molar-refractivity contribution in [3.8, 4) is 5.75 Å². The van der Waals surface area contributed by atoms with E-state index < -0.39 is 0 Å². The maximum absolute atomic E-state index is 5.75. The zero-order chi connectivity index (χ0) is 14.0. The summed E-state index contributed by atoms with van der Waals surface area (Å²) in [6, 6.07) is 19.0. The van der Waals surface area contributed by atoms with E-state index in [1.165, 1.54) is 36.8 Å². The fourth-order valence-electron chi connectivity index (χ4n) is 2.32. The lowest BCUT2D eigenvalue weighted by Crippen LogP contribution is -1.97. The molecule has 1 nitrogen and oxygen atoms in total. The zero-order valence-corrected chi connectivity index (χ0v) is 12.3. The molecule has 2 aromatic rings. The lowest BCUT2D eigenvalue weighted by Gasteiger charge is -2.06. The van der Waals surface area contributed by atoms with Crippen LogP contribution in [0.3, 0.4) is 0 Å². The van der Waals surface area contributed by atoms with E-state index in [4.69, 9.17) is 4.74 Å². The summed E-state index contributed by atoms with van der Waals surface area (Å²) in [5.74, 6) is 0.995. The predicted molar refractivity (Wildman–Crippen MR) is 85.3 cm³/mol. The Morgan fingerprint density at radius 2 is 1.60 bits per heavy atom. The van der Waals surface area contributed by atoms with E-state index in [1.807, 2.05) is 12.1 Å². The van der Waals surface area contributed by atoms with Gasteiger partial charge in [-0.25, -0.2) is 0 Å². The molecule has 0 saturated heterocycles. The Morgan fingerprint density at radius 1 is 0.800 bits per heavy atom. The molecule has 2 rings (SSSR count). The van der Waals surface area contributed by atoms with Gasteiger partial charge in [-0.15, -0.1) is 0 Å². The minimum Gasteiger partial charge on any atom is -0.494 e. The highest BCUT2D eigenvalue weighted by Gasteiger charge is 1.95. The molecule has 0 fully saturated rings. The number of benzene rings is 2. The number of aryl methyl sites for hydroxylation is 2. The van der Waals surface area contributed by atoms with E-state index >= 15 is 0 Å². The summed E-state index contributed by atoms with van der Waals surface area (Å²) in [6.45, 7) is 2.92. The van der Waals surface area contributed by atoms with Crippen molar-refractivity contribution in [2.75, 3.05) is 6.61 Å². The SMILES string of the molecule is Cc1cccc(OCCCCCCc2ccccc2)c1. The van der Waals surface area contributed by atoms with Crippen molar-refractivity contribution >= 4 is 0 Å². The predicted octanol–water partition coefficient (Wildman–Crippen LogP) is 5.18. The van der Waals surface area contributed by atoms with Crippen molar-refractivity contribution in [1.29, 1.82) is 0 Å². The molecular weight excluding hydrogens is 244 g/mol. The van der Waals surface area contributed by atoms with Gasteiger partial charge < -0.3 is 4.74 Å². The molecule has 0 aliphatic rings. The molecular formula is C19H24O. The number of unbranched alkanes of at least 4 members (excludes halogenated alkanes) is 3. The van der Waals surface area contributed by atoms with Gasteiger partial charge in [0, 0.05) is 0 Å². The number of rotatable bonds is 8. The Labute approximate surface area is 122 Å². The van der Waals surface area contributed by atoms with Crippen LogP contribution in [0.15, 0.2) is 54.6 Å². The van der Waals surface area contributed by atoms with Gasteiger partial charge in [0.1, 0.15) is 5.75 Å². The van der Waals surface area contributed by atoms with Crippen LogP contribution in [-0.4, -0.2) is 6.61 Å². The summed E-state index contributed by atoms with van der Waals surface area (Å²) in [5, 5.41) is 0. The van der Waals surface area contributed by atoms with Gasteiger partial charge in [0.25, 0.3) is 0 Å². The highest BCUT2D eigenvalue weighted by molar-refractivity contribution is 5.27. The monoisotopic (exact) mass is 268 g/mol. The van der Waals surface area contributed by atoms with Crippen molar-refractivity contribution in [2.24, 2.45) is 0 Å². The quantitative estimate of drug-likeness (QED) is 0.600. The molecule has 0 heterocycles. The molecule has 0 aliphatic heterocycles. The van der Waals surface area contributed by atoms with E-state index in [9.17, 15) is 0 Å². The van der Waals surface area contributed by atoms with Crippen molar-refractivity contribution < 1.29 is 4.74 Å². The van der Waals surface area contributed by atoms with Crippen LogP contribution in [0.4, 0.5) is 0 Å². The van der Waals surface area contributed by atoms with E-state index in [0.29, 0.717) is 0 Å². The third kappa shape index (κ3) is 5.48. The van der Waals surface area contributed by atoms with Crippen LogP contribution in [0.25, 0.3) is 0 Å². The summed E-state index contributed by atoms with van der Waals surface area (Å²) in [5.41, 5.74) is 2.70. The first-order chi connectivity index (χ1) is 9.84. The Morgan fingerprint density at radius 3 is 2.40 bits per heavy atom. The van der Waals surface area contributed by atoms with Crippen LogP contribution >= 0.6 is 0 Å². The van der Waals surface area contributed by atoms with Crippen LogP contribution in [0.1, 0.15) is 36.8 Å². The molecule has 0 radical (unpaired) electrons. The maximum atomic E-state index is 5.75. The molecule has 106 valence electrons. The van der Waals surface area contributed by atoms with Crippen molar-refractivity contribution in [3.05, 3.63) is 65.7 Å². The molecule has 20 heavy (non-hydrogen) atoms. The summed E-state index contributed by atoms with van der Waals surface area (Å²) >= 11 is 0. The minimum absolute atomic E-state index is 0.828. The van der Waals surface area contributed by atoms with Gasteiger partial charge >= 0.3 is 0 Å². The standard InChI is InChI=1S/C19H24O/c1-17-10-9-14-19(16-17)20-15-8-3-2-5-11-18-12-6-4-7-13-18/h4,6-7,9-10,12-14,16H,2-3,5,8,11,15H2,1H3. The lowest BCUT2D eigenvalue weighted by atomic mass is 10.1. The second-order valence-corrected chi connectivity index (χ2v) is 5.31. The largest absolute Gasteiger partial charge is 0.494 e. The van der Waals surface area contributed by atoms with Crippen molar-refractivity contribution in [3.63, 3.8) is 0 Å². The first kappa shape index (κ1) is 14.6. The molecule has 2 aromatic carbocycles. The van der Waals surface area contributed by atoms with Gasteiger partial charge in [-0.2, -0.15) is 0 Å². The van der Waals surface area contributed by atoms with E-state index in [0.717, 1.165) is 18.8 Å². The van der Waals surface area contributed by atoms with Crippen LogP contribution in [-0.2, 0) is 6.42 Å². The summed E-state index contributed by atoms with van der Waals surface area (Å²) in [6.07, 6.45) is 6.14. The maximum Gasteiger partial charge on any atom is 0.119 e. The number of hydrogen-bond donors (Lipinski definition) is 0. The molecule has 0 spiro atoms. The van der Waals surface area contributed by atoms with Gasteiger partial charge in [0.2, 0.25) is 0 Å². The highest BCUT2D eigenvalue weighted by atomic mass is 16.5. The van der Waals surface area contributed by atoms with Crippen LogP contribution < -0.4 is 4.74 Å². The van der Waals surface area contributed by atoms with Gasteiger partial charge in [-0.1, -0.05) is 55.3 Å². The third-order valence-corrected chi connectivity index (χ3v) is 3.46. The molecule has 1 heteroatoms. The number of hydrogen-bond acceptors (Lipinski definition) is 1. The fourth-order valence-corrected chi connectivity index (χ4v) is 2.32. The normalized spacial score (nSPS) is 10.4. The molecule has 0 bridgehead atoms. The average molecular weight is 268 g/mol. The van der Waals surface area contributed by atoms with Crippen LogP contribution in [0.2, 0.25) is 0 Å². The van der Waals surface area contributed by atoms with E-state index in [2.05, 4.69) is 49.4 Å². The second kappa shape index (κ2) is 8.42. The topological polar surface area (TPSA) is 9.23 Å². The zero-order valence-electron chi connectivity index (χ0n) is 12.3. The molecule has 0 amide bonds. The van der Waals surface area contributed by atoms with Gasteiger partial charge in [0.15, 0.2) is 0 Å². The van der Waals surface area contributed by atoms with Crippen molar-refractivity contribution in [1.82, 2.24) is 0 Å². The van der Waals surface area contributed by atoms with Crippen LogP contribution in [0.5, 0.6) is 5.75 Å². The first-order valence-electron chi connectivity index (χ1n) is 7.58. The summed E-state index contributed by atoms with van der Waals surface area (Å²) in [7, 11) is 0. The smallest absolute Gasteiger partial charge is 0.119 e. The minimum atomic E-state index is 0.828. The van der Waals surface area contributed by atoms with Crippen LogP contribution in [0, 0.1) is 6.92 Å². The molecule has 0 aromatic heterocycles. The first-order valence-corrected chi connectivity index (χ1v) is 7.58. The second-order valence-electron chi connectivity index (χ2n) is 5.31. The third-order valence-electron chi connectivity index (χ3n) is 3.46. The highest BCUT2D eigenvalue weighted by Crippen LogP contribution is 2.13. The molecule has 0 aliphatic carbocycles. The molecule has 0 atom stereocenters. The number of ether oxygens (including phenoxy) is 1. The Hall–Kier alpha value is -1.76. The Kier molecular flexibility index (Phi) is 6.16. The van der Waals surface area contributed by atoms with Gasteiger partial charge in [-0.05, 0) is 49.4 Å².